The fourth-order valence-corrected chi connectivity index (χ4v) is 4.64. The van der Waals surface area contributed by atoms with Crippen LogP contribution in [0.1, 0.15) is 31.4 Å². The number of likely N-dealkylation sites (tertiary alicyclic amines) is 1. The zero-order valence-electron chi connectivity index (χ0n) is 18.1. The zero-order chi connectivity index (χ0) is 22.1. The molecule has 0 bridgehead atoms. The maximum atomic E-state index is 13.5. The lowest BCUT2D eigenvalue weighted by atomic mass is 9.91. The molecule has 2 aliphatic heterocycles. The van der Waals surface area contributed by atoms with E-state index in [-0.39, 0.29) is 24.2 Å². The third-order valence-electron chi connectivity index (χ3n) is 5.96. The van der Waals surface area contributed by atoms with E-state index in [1.165, 1.54) is 17.0 Å². The number of nitrogens with zero attached hydrogens (tertiary/aromatic N) is 2. The van der Waals surface area contributed by atoms with Crippen molar-refractivity contribution in [2.45, 2.75) is 26.8 Å². The maximum Gasteiger partial charge on any atom is 0.278 e. The van der Waals surface area contributed by atoms with Crippen LogP contribution in [0.2, 0.25) is 0 Å². The van der Waals surface area contributed by atoms with Gasteiger partial charge in [-0.05, 0) is 53.6 Å². The summed E-state index contributed by atoms with van der Waals surface area (Å²) in [5.41, 5.74) is 2.20. The average molecular weight is 423 g/mol. The molecular formula is C25H27FN2O3. The number of rotatable bonds is 5. The average Bonchev–Trinajstić information content (AvgIpc) is 2.99. The van der Waals surface area contributed by atoms with E-state index in [4.69, 9.17) is 4.74 Å². The number of hydrogen-bond acceptors (Lipinski definition) is 4. The van der Waals surface area contributed by atoms with Crippen molar-refractivity contribution in [3.63, 3.8) is 0 Å². The molecule has 31 heavy (non-hydrogen) atoms. The summed E-state index contributed by atoms with van der Waals surface area (Å²) in [5.74, 6) is 0.547. The minimum atomic E-state index is -0.377. The van der Waals surface area contributed by atoms with Gasteiger partial charge in [-0.15, -0.1) is 0 Å². The van der Waals surface area contributed by atoms with Gasteiger partial charge in [0.25, 0.3) is 11.8 Å². The van der Waals surface area contributed by atoms with Crippen LogP contribution in [-0.2, 0) is 16.1 Å². The molecule has 6 heteroatoms. The van der Waals surface area contributed by atoms with Crippen LogP contribution in [0, 0.1) is 17.7 Å². The van der Waals surface area contributed by atoms with Gasteiger partial charge >= 0.3 is 0 Å². The van der Waals surface area contributed by atoms with Gasteiger partial charge in [0.1, 0.15) is 17.3 Å². The zero-order valence-corrected chi connectivity index (χ0v) is 18.1. The van der Waals surface area contributed by atoms with Crippen molar-refractivity contribution in [1.82, 2.24) is 9.80 Å². The van der Waals surface area contributed by atoms with E-state index in [9.17, 15) is 14.0 Å². The van der Waals surface area contributed by atoms with Gasteiger partial charge in [0, 0.05) is 13.1 Å². The first-order chi connectivity index (χ1) is 14.9. The molecule has 162 valence electrons. The topological polar surface area (TPSA) is 49.9 Å². The molecule has 2 amide bonds. The van der Waals surface area contributed by atoms with Crippen LogP contribution >= 0.6 is 0 Å². The third kappa shape index (κ3) is 4.20. The Hall–Kier alpha value is -3.15. The summed E-state index contributed by atoms with van der Waals surface area (Å²) in [6.07, 6.45) is 1.09. The fraction of sp³-hybridized carbons (Fsp3) is 0.360. The number of ether oxygens (including phenoxy) is 1. The monoisotopic (exact) mass is 422 g/mol. The van der Waals surface area contributed by atoms with E-state index in [0.717, 1.165) is 25.1 Å². The van der Waals surface area contributed by atoms with Crippen LogP contribution in [0.4, 0.5) is 4.39 Å². The number of piperidine rings is 1. The van der Waals surface area contributed by atoms with Crippen LogP contribution in [-0.4, -0.2) is 41.8 Å². The normalized spacial score (nSPS) is 21.8. The predicted octanol–water partition coefficient (Wildman–Crippen LogP) is 4.09. The molecule has 2 aromatic carbocycles. The fourth-order valence-electron chi connectivity index (χ4n) is 4.64. The van der Waals surface area contributed by atoms with Gasteiger partial charge in [0.15, 0.2) is 0 Å². The van der Waals surface area contributed by atoms with E-state index in [2.05, 4.69) is 13.8 Å². The van der Waals surface area contributed by atoms with E-state index in [0.29, 0.717) is 34.4 Å². The summed E-state index contributed by atoms with van der Waals surface area (Å²) in [7, 11) is 1.59. The highest BCUT2D eigenvalue weighted by atomic mass is 19.1. The smallest absolute Gasteiger partial charge is 0.278 e. The molecule has 1 saturated heterocycles. The number of amides is 2. The molecule has 1 fully saturated rings. The second kappa shape index (κ2) is 8.53. The van der Waals surface area contributed by atoms with Crippen LogP contribution in [0.15, 0.2) is 54.2 Å². The number of methoxy groups -OCH3 is 1. The van der Waals surface area contributed by atoms with Crippen LogP contribution < -0.4 is 4.74 Å². The van der Waals surface area contributed by atoms with Gasteiger partial charge in [-0.25, -0.2) is 4.39 Å². The van der Waals surface area contributed by atoms with Crippen molar-refractivity contribution < 1.29 is 18.7 Å². The molecular weight excluding hydrogens is 395 g/mol. The molecule has 2 aromatic rings. The molecule has 2 heterocycles. The molecule has 0 aliphatic carbocycles. The standard InChI is InChI=1S/C25H27FN2O3/c1-16-12-17(2)14-27(13-16)23-22(19-6-8-20(26)9-7-19)24(29)28(25(23)30)15-18-4-10-21(31-3)11-5-18/h4-11,16-17H,12-15H2,1-3H3. The summed E-state index contributed by atoms with van der Waals surface area (Å²) in [5, 5.41) is 0. The van der Waals surface area contributed by atoms with E-state index in [1.54, 1.807) is 19.2 Å². The minimum Gasteiger partial charge on any atom is -0.497 e. The van der Waals surface area contributed by atoms with Gasteiger partial charge < -0.3 is 9.64 Å². The van der Waals surface area contributed by atoms with Gasteiger partial charge in [-0.3, -0.25) is 14.5 Å². The van der Waals surface area contributed by atoms with Gasteiger partial charge in [0.2, 0.25) is 0 Å². The number of halogens is 1. The summed E-state index contributed by atoms with van der Waals surface area (Å²) < 4.78 is 18.7. The number of benzene rings is 2. The summed E-state index contributed by atoms with van der Waals surface area (Å²) in [6, 6.07) is 13.1. The Labute approximate surface area is 182 Å². The summed E-state index contributed by atoms with van der Waals surface area (Å²) in [6.45, 7) is 5.95. The lowest BCUT2D eigenvalue weighted by molar-refractivity contribution is -0.138. The minimum absolute atomic E-state index is 0.175. The highest BCUT2D eigenvalue weighted by Gasteiger charge is 2.42. The highest BCUT2D eigenvalue weighted by molar-refractivity contribution is 6.35. The van der Waals surface area contributed by atoms with E-state index >= 15 is 0 Å². The van der Waals surface area contributed by atoms with Crippen molar-refractivity contribution in [2.24, 2.45) is 11.8 Å². The Bertz CT molecular complexity index is 1000. The first-order valence-electron chi connectivity index (χ1n) is 10.6. The predicted molar refractivity (Wildman–Crippen MR) is 116 cm³/mol. The van der Waals surface area contributed by atoms with Crippen molar-refractivity contribution in [1.29, 1.82) is 0 Å². The second-order valence-electron chi connectivity index (χ2n) is 8.63. The molecule has 0 radical (unpaired) electrons. The largest absolute Gasteiger partial charge is 0.497 e. The highest BCUT2D eigenvalue weighted by Crippen LogP contribution is 2.35. The number of imide groups is 1. The van der Waals surface area contributed by atoms with Crippen molar-refractivity contribution in [2.75, 3.05) is 20.2 Å². The molecule has 0 saturated carbocycles. The molecule has 4 rings (SSSR count). The SMILES string of the molecule is COc1ccc(CN2C(=O)C(c3ccc(F)cc3)=C(N3CC(C)CC(C)C3)C2=O)cc1. The van der Waals surface area contributed by atoms with Gasteiger partial charge in [-0.2, -0.15) is 0 Å². The molecule has 0 N–H and O–H groups in total. The van der Waals surface area contributed by atoms with Crippen molar-refractivity contribution in [3.8, 4) is 5.75 Å². The van der Waals surface area contributed by atoms with Crippen molar-refractivity contribution >= 4 is 17.4 Å². The number of carbonyl (C=O) groups is 2. The second-order valence-corrected chi connectivity index (χ2v) is 8.63. The Morgan fingerprint density at radius 1 is 0.935 bits per heavy atom. The Kier molecular flexibility index (Phi) is 5.81. The molecule has 2 atom stereocenters. The quantitative estimate of drug-likeness (QED) is 0.681. The van der Waals surface area contributed by atoms with Crippen LogP contribution in [0.5, 0.6) is 5.75 Å². The summed E-state index contributed by atoms with van der Waals surface area (Å²) >= 11 is 0. The Balaban J connectivity index is 1.71. The van der Waals surface area contributed by atoms with E-state index in [1.807, 2.05) is 29.2 Å². The van der Waals surface area contributed by atoms with Crippen molar-refractivity contribution in [3.05, 3.63) is 71.2 Å². The van der Waals surface area contributed by atoms with Crippen LogP contribution in [0.25, 0.3) is 5.57 Å². The molecule has 0 aromatic heterocycles. The third-order valence-corrected chi connectivity index (χ3v) is 5.96. The lowest BCUT2D eigenvalue weighted by Crippen LogP contribution is -2.41. The number of hydrogen-bond donors (Lipinski definition) is 0. The first kappa shape index (κ1) is 21.1. The van der Waals surface area contributed by atoms with E-state index < -0.39 is 0 Å². The number of carbonyl (C=O) groups excluding carboxylic acids is 2. The first-order valence-corrected chi connectivity index (χ1v) is 10.6. The lowest BCUT2D eigenvalue weighted by Gasteiger charge is -2.37. The molecule has 5 nitrogen and oxygen atoms in total. The molecule has 2 unspecified atom stereocenters. The van der Waals surface area contributed by atoms with Gasteiger partial charge in [0.05, 0.1) is 19.2 Å². The summed E-state index contributed by atoms with van der Waals surface area (Å²) in [4.78, 5) is 30.3. The molecule has 2 aliphatic rings. The molecule has 0 spiro atoms. The Morgan fingerprint density at radius 2 is 1.55 bits per heavy atom. The Morgan fingerprint density at radius 3 is 2.13 bits per heavy atom. The van der Waals surface area contributed by atoms with Crippen LogP contribution in [0.3, 0.4) is 0 Å². The maximum absolute atomic E-state index is 13.5. The van der Waals surface area contributed by atoms with Gasteiger partial charge in [-0.1, -0.05) is 38.1 Å².